The molecule has 0 saturated carbocycles. The fourth-order valence-electron chi connectivity index (χ4n) is 8.65. The van der Waals surface area contributed by atoms with Crippen LogP contribution in [0.2, 0.25) is 0 Å². The van der Waals surface area contributed by atoms with Crippen molar-refractivity contribution in [1.82, 2.24) is 9.13 Å². The Balaban J connectivity index is 0.000000635. The van der Waals surface area contributed by atoms with Crippen LogP contribution in [0.1, 0.15) is 0 Å². The Labute approximate surface area is 338 Å². The second kappa shape index (κ2) is 14.8. The molecule has 0 aliphatic heterocycles. The third kappa shape index (κ3) is 5.91. The van der Waals surface area contributed by atoms with E-state index >= 15 is 0 Å². The molecule has 274 valence electrons. The van der Waals surface area contributed by atoms with E-state index < -0.39 is 0 Å². The van der Waals surface area contributed by atoms with Crippen LogP contribution < -0.4 is 0 Å². The van der Waals surface area contributed by atoms with E-state index in [0.29, 0.717) is 0 Å². The summed E-state index contributed by atoms with van der Waals surface area (Å²) in [4.78, 5) is 0. The van der Waals surface area contributed by atoms with Gasteiger partial charge in [0.1, 0.15) is 0 Å². The molecule has 0 atom stereocenters. The van der Waals surface area contributed by atoms with Crippen LogP contribution in [-0.2, 0) is 0 Å². The predicted octanol–water partition coefficient (Wildman–Crippen LogP) is 15.4. The second-order valence-corrected chi connectivity index (χ2v) is 14.6. The van der Waals surface area contributed by atoms with Gasteiger partial charge < -0.3 is 9.13 Å². The maximum atomic E-state index is 3.46. The number of rotatable bonds is 6. The van der Waals surface area contributed by atoms with Crippen molar-refractivity contribution in [2.45, 2.75) is 0 Å². The van der Waals surface area contributed by atoms with Crippen LogP contribution in [0.3, 0.4) is 0 Å². The summed E-state index contributed by atoms with van der Waals surface area (Å²) in [6.45, 7) is 6.93. The average molecular weight is 741 g/mol. The minimum Gasteiger partial charge on any atom is -0.309 e. The number of fused-ring (bicyclic) bond motifs is 10. The van der Waals surface area contributed by atoms with E-state index in [1.54, 1.807) is 12.2 Å². The van der Waals surface area contributed by atoms with Gasteiger partial charge in [-0.3, -0.25) is 0 Å². The van der Waals surface area contributed by atoms with E-state index in [-0.39, 0.29) is 0 Å². The first-order valence-corrected chi connectivity index (χ1v) is 19.8. The first-order valence-electron chi connectivity index (χ1n) is 19.8. The van der Waals surface area contributed by atoms with Gasteiger partial charge in [0, 0.05) is 32.9 Å². The molecule has 0 saturated heterocycles. The van der Waals surface area contributed by atoms with Crippen LogP contribution in [0, 0.1) is 0 Å². The summed E-state index contributed by atoms with van der Waals surface area (Å²) in [7, 11) is 0. The fourth-order valence-corrected chi connectivity index (χ4v) is 8.65. The summed E-state index contributed by atoms with van der Waals surface area (Å²) in [6, 6.07) is 70.9. The average Bonchev–Trinajstić information content (AvgIpc) is 3.82. The Morgan fingerprint density at radius 2 is 0.776 bits per heavy atom. The fraction of sp³-hybridized carbons (Fsp3) is 0. The molecule has 0 radical (unpaired) electrons. The van der Waals surface area contributed by atoms with Gasteiger partial charge in [-0.15, -0.1) is 0 Å². The van der Waals surface area contributed by atoms with Gasteiger partial charge in [0.2, 0.25) is 0 Å². The molecule has 0 spiro atoms. The molecule has 9 aromatic carbocycles. The number of para-hydroxylation sites is 1. The van der Waals surface area contributed by atoms with Gasteiger partial charge in [-0.25, -0.2) is 0 Å². The SMILES string of the molecule is C=C/C=C\C=C.c1ccc(-c2ccc3c4cc(-c5ccc(-n6c7ccc8ccccc8c7c7c8ccccc8ccc76)cc5)ccc4n(-c4ccccc4)c3c2)cc1. The minimum atomic E-state index is 1.16. The molecule has 2 heteroatoms. The number of benzene rings is 9. The van der Waals surface area contributed by atoms with Crippen molar-refractivity contribution >= 4 is 65.2 Å². The number of hydrogen-bond acceptors (Lipinski definition) is 0. The zero-order chi connectivity index (χ0) is 39.0. The van der Waals surface area contributed by atoms with Gasteiger partial charge in [0.25, 0.3) is 0 Å². The van der Waals surface area contributed by atoms with Crippen LogP contribution in [0.4, 0.5) is 0 Å². The summed E-state index contributed by atoms with van der Waals surface area (Å²) >= 11 is 0. The monoisotopic (exact) mass is 740 g/mol. The first-order chi connectivity index (χ1) is 28.7. The molecule has 58 heavy (non-hydrogen) atoms. The van der Waals surface area contributed by atoms with Crippen molar-refractivity contribution in [2.24, 2.45) is 0 Å². The van der Waals surface area contributed by atoms with E-state index in [9.17, 15) is 0 Å². The van der Waals surface area contributed by atoms with Crippen LogP contribution in [0.15, 0.2) is 232 Å². The zero-order valence-electron chi connectivity index (χ0n) is 32.1. The largest absolute Gasteiger partial charge is 0.309 e. The van der Waals surface area contributed by atoms with Crippen molar-refractivity contribution < 1.29 is 0 Å². The van der Waals surface area contributed by atoms with Crippen molar-refractivity contribution in [3.63, 3.8) is 0 Å². The van der Waals surface area contributed by atoms with Gasteiger partial charge in [-0.2, -0.15) is 0 Å². The molecule has 0 bridgehead atoms. The molecule has 2 heterocycles. The standard InChI is InChI=1S/C50H32N2.C6H8/c1-3-11-33(12-4-1)38-21-27-43-44-31-37(24-28-45(44)51(48(43)32-38)39-15-5-2-6-16-39)34-19-25-40(26-20-34)52-46-29-22-35-13-7-9-17-41(35)49(46)50-42-18-10-8-14-36(42)23-30-47(50)52;1-3-5-6-4-2/h1-32H;3-6H,1-2H2/b;6-5-. The van der Waals surface area contributed by atoms with Gasteiger partial charge in [-0.05, 0) is 98.4 Å². The lowest BCUT2D eigenvalue weighted by atomic mass is 10.00. The van der Waals surface area contributed by atoms with Crippen molar-refractivity contribution in [1.29, 1.82) is 0 Å². The lowest BCUT2D eigenvalue weighted by Crippen LogP contribution is -1.94. The van der Waals surface area contributed by atoms with E-state index in [2.05, 4.69) is 216 Å². The van der Waals surface area contributed by atoms with Crippen molar-refractivity contribution in [3.05, 3.63) is 232 Å². The highest BCUT2D eigenvalue weighted by Gasteiger charge is 2.18. The van der Waals surface area contributed by atoms with Gasteiger partial charge in [0.15, 0.2) is 0 Å². The molecular weight excluding hydrogens is 701 g/mol. The van der Waals surface area contributed by atoms with E-state index in [1.807, 2.05) is 12.2 Å². The van der Waals surface area contributed by atoms with Crippen LogP contribution in [0.25, 0.3) is 98.8 Å². The number of nitrogens with zero attached hydrogens (tertiary/aromatic N) is 2. The molecule has 2 aromatic heterocycles. The van der Waals surface area contributed by atoms with Crippen LogP contribution >= 0.6 is 0 Å². The maximum absolute atomic E-state index is 3.46. The number of allylic oxidation sites excluding steroid dienone is 4. The van der Waals surface area contributed by atoms with Crippen molar-refractivity contribution in [2.75, 3.05) is 0 Å². The molecule has 0 aliphatic carbocycles. The van der Waals surface area contributed by atoms with Gasteiger partial charge >= 0.3 is 0 Å². The summed E-state index contributed by atoms with van der Waals surface area (Å²) in [6.07, 6.45) is 7.07. The molecule has 0 N–H and O–H groups in total. The summed E-state index contributed by atoms with van der Waals surface area (Å²) in [5, 5.41) is 10.2. The normalized spacial score (nSPS) is 11.5. The second-order valence-electron chi connectivity index (χ2n) is 14.6. The van der Waals surface area contributed by atoms with Gasteiger partial charge in [-0.1, -0.05) is 177 Å². The highest BCUT2D eigenvalue weighted by atomic mass is 15.0. The highest BCUT2D eigenvalue weighted by Crippen LogP contribution is 2.41. The van der Waals surface area contributed by atoms with E-state index in [1.165, 1.54) is 87.4 Å². The molecule has 11 rings (SSSR count). The topological polar surface area (TPSA) is 9.86 Å². The van der Waals surface area contributed by atoms with Crippen molar-refractivity contribution in [3.8, 4) is 33.6 Å². The first kappa shape index (κ1) is 34.8. The molecule has 0 unspecified atom stereocenters. The number of hydrogen-bond donors (Lipinski definition) is 0. The number of aromatic nitrogens is 2. The molecule has 0 aliphatic rings. The molecular formula is C56H40N2. The third-order valence-electron chi connectivity index (χ3n) is 11.3. The summed E-state index contributed by atoms with van der Waals surface area (Å²) in [5.41, 5.74) is 12.0. The maximum Gasteiger partial charge on any atom is 0.0547 e. The highest BCUT2D eigenvalue weighted by molar-refractivity contribution is 6.28. The minimum absolute atomic E-state index is 1.16. The Kier molecular flexibility index (Phi) is 8.85. The lowest BCUT2D eigenvalue weighted by Gasteiger charge is -2.11. The Morgan fingerprint density at radius 1 is 0.310 bits per heavy atom. The quantitative estimate of drug-likeness (QED) is 0.150. The Hall–Kier alpha value is -7.68. The van der Waals surface area contributed by atoms with E-state index in [4.69, 9.17) is 0 Å². The Bertz CT molecular complexity index is 3240. The predicted molar refractivity (Wildman–Crippen MR) is 251 cm³/mol. The molecule has 0 amide bonds. The van der Waals surface area contributed by atoms with Gasteiger partial charge in [0.05, 0.1) is 22.1 Å². The summed E-state index contributed by atoms with van der Waals surface area (Å²) < 4.78 is 4.84. The van der Waals surface area contributed by atoms with Crippen LogP contribution in [0.5, 0.6) is 0 Å². The molecule has 11 aromatic rings. The Morgan fingerprint density at radius 3 is 1.40 bits per heavy atom. The molecule has 0 fully saturated rings. The smallest absolute Gasteiger partial charge is 0.0547 e. The van der Waals surface area contributed by atoms with E-state index in [0.717, 1.165) is 11.4 Å². The lowest BCUT2D eigenvalue weighted by molar-refractivity contribution is 1.18. The summed E-state index contributed by atoms with van der Waals surface area (Å²) in [5.74, 6) is 0. The zero-order valence-corrected chi connectivity index (χ0v) is 32.1. The molecule has 2 nitrogen and oxygen atoms in total. The third-order valence-corrected chi connectivity index (χ3v) is 11.3. The van der Waals surface area contributed by atoms with Crippen LogP contribution in [-0.4, -0.2) is 9.13 Å².